The number of hydrogen-bond acceptors (Lipinski definition) is 1. The molecule has 0 atom stereocenters. The van der Waals surface area contributed by atoms with Crippen molar-refractivity contribution in [3.05, 3.63) is 0 Å². The summed E-state index contributed by atoms with van der Waals surface area (Å²) in [4.78, 5) is 3.43. The molecule has 0 saturated heterocycles. The molecule has 0 aromatic heterocycles. The van der Waals surface area contributed by atoms with Crippen molar-refractivity contribution >= 4 is 17.2 Å². The normalized spacial score (nSPS) is 9.73. The Kier molecular flexibility index (Phi) is 6.52. The molecule has 2 heteroatoms. The Hall–Kier alpha value is -0.110. The predicted molar refractivity (Wildman–Crippen MR) is 55.0 cm³/mol. The van der Waals surface area contributed by atoms with Crippen LogP contribution in [-0.2, 0) is 0 Å². The average molecular weight is 173 g/mol. The second-order valence-electron chi connectivity index (χ2n) is 2.73. The van der Waals surface area contributed by atoms with Gasteiger partial charge >= 0.3 is 0 Å². The van der Waals surface area contributed by atoms with Gasteiger partial charge in [0.2, 0.25) is 0 Å². The first-order valence-corrected chi connectivity index (χ1v) is 4.94. The Morgan fingerprint density at radius 1 is 1.09 bits per heavy atom. The lowest BCUT2D eigenvalue weighted by atomic mass is 10.3. The SMILES string of the molecule is CCCN(CCC)C(=S)CC. The summed E-state index contributed by atoms with van der Waals surface area (Å²) in [5, 5.41) is 0. The number of hydrogen-bond donors (Lipinski definition) is 0. The van der Waals surface area contributed by atoms with E-state index in [1.165, 1.54) is 12.8 Å². The van der Waals surface area contributed by atoms with Crippen molar-refractivity contribution in [3.8, 4) is 0 Å². The lowest BCUT2D eigenvalue weighted by molar-refractivity contribution is 0.417. The Labute approximate surface area is 75.8 Å². The molecule has 0 fully saturated rings. The maximum Gasteiger partial charge on any atom is 0.0776 e. The lowest BCUT2D eigenvalue weighted by Crippen LogP contribution is -2.30. The van der Waals surface area contributed by atoms with Crippen LogP contribution in [0.3, 0.4) is 0 Å². The Bertz CT molecular complexity index is 106. The van der Waals surface area contributed by atoms with E-state index < -0.39 is 0 Å². The van der Waals surface area contributed by atoms with Crippen molar-refractivity contribution in [2.75, 3.05) is 13.1 Å². The van der Waals surface area contributed by atoms with Crippen LogP contribution in [0.4, 0.5) is 0 Å². The fourth-order valence-electron chi connectivity index (χ4n) is 1.12. The minimum absolute atomic E-state index is 1.01. The molecule has 0 heterocycles. The van der Waals surface area contributed by atoms with Crippen LogP contribution in [0.1, 0.15) is 40.0 Å². The van der Waals surface area contributed by atoms with E-state index in [4.69, 9.17) is 12.2 Å². The average Bonchev–Trinajstić information content (AvgIpc) is 2.03. The summed E-state index contributed by atoms with van der Waals surface area (Å²) >= 11 is 5.23. The van der Waals surface area contributed by atoms with E-state index in [9.17, 15) is 0 Å². The van der Waals surface area contributed by atoms with Crippen LogP contribution in [0.5, 0.6) is 0 Å². The van der Waals surface area contributed by atoms with Crippen molar-refractivity contribution in [1.29, 1.82) is 0 Å². The number of rotatable bonds is 5. The molecule has 0 bridgehead atoms. The second kappa shape index (κ2) is 6.59. The largest absolute Gasteiger partial charge is 0.366 e. The van der Waals surface area contributed by atoms with E-state index in [2.05, 4.69) is 25.7 Å². The predicted octanol–water partition coefficient (Wildman–Crippen LogP) is 2.85. The molecule has 0 aliphatic rings. The van der Waals surface area contributed by atoms with E-state index >= 15 is 0 Å². The van der Waals surface area contributed by atoms with Crippen LogP contribution >= 0.6 is 12.2 Å². The van der Waals surface area contributed by atoms with Gasteiger partial charge in [-0.2, -0.15) is 0 Å². The summed E-state index contributed by atoms with van der Waals surface area (Å²) in [5.74, 6) is 0. The van der Waals surface area contributed by atoms with E-state index in [1.807, 2.05) is 0 Å². The summed E-state index contributed by atoms with van der Waals surface area (Å²) < 4.78 is 0. The van der Waals surface area contributed by atoms with E-state index in [0.29, 0.717) is 0 Å². The fourth-order valence-corrected chi connectivity index (χ4v) is 1.31. The van der Waals surface area contributed by atoms with E-state index in [0.717, 1.165) is 24.5 Å². The summed E-state index contributed by atoms with van der Waals surface area (Å²) in [6.07, 6.45) is 3.40. The third-order valence-electron chi connectivity index (χ3n) is 1.64. The molecular weight excluding hydrogens is 154 g/mol. The highest BCUT2D eigenvalue weighted by Crippen LogP contribution is 1.99. The van der Waals surface area contributed by atoms with Crippen LogP contribution in [-0.4, -0.2) is 23.0 Å². The first kappa shape index (κ1) is 10.9. The van der Waals surface area contributed by atoms with E-state index in [-0.39, 0.29) is 0 Å². The highest BCUT2D eigenvalue weighted by molar-refractivity contribution is 7.80. The van der Waals surface area contributed by atoms with Gasteiger partial charge < -0.3 is 4.90 Å². The Balaban J connectivity index is 3.76. The smallest absolute Gasteiger partial charge is 0.0776 e. The molecule has 0 N–H and O–H groups in total. The molecule has 0 amide bonds. The van der Waals surface area contributed by atoms with Crippen LogP contribution in [0.2, 0.25) is 0 Å². The third kappa shape index (κ3) is 4.35. The summed E-state index contributed by atoms with van der Waals surface area (Å²) in [5.41, 5.74) is 0. The number of nitrogens with zero attached hydrogens (tertiary/aromatic N) is 1. The summed E-state index contributed by atoms with van der Waals surface area (Å²) in [7, 11) is 0. The van der Waals surface area contributed by atoms with Crippen LogP contribution < -0.4 is 0 Å². The molecule has 0 aliphatic heterocycles. The molecule has 0 aromatic carbocycles. The van der Waals surface area contributed by atoms with Gasteiger partial charge in [0.15, 0.2) is 0 Å². The summed E-state index contributed by atoms with van der Waals surface area (Å²) in [6.45, 7) is 8.77. The zero-order valence-electron chi connectivity index (χ0n) is 7.89. The van der Waals surface area contributed by atoms with Gasteiger partial charge in [-0.05, 0) is 19.3 Å². The van der Waals surface area contributed by atoms with Crippen LogP contribution in [0.15, 0.2) is 0 Å². The molecule has 0 spiro atoms. The minimum atomic E-state index is 1.01. The van der Waals surface area contributed by atoms with Crippen LogP contribution in [0.25, 0.3) is 0 Å². The first-order valence-electron chi connectivity index (χ1n) is 4.54. The van der Waals surface area contributed by atoms with Gasteiger partial charge in [0.1, 0.15) is 0 Å². The topological polar surface area (TPSA) is 3.24 Å². The molecule has 0 rings (SSSR count). The van der Waals surface area contributed by atoms with Gasteiger partial charge in [0.25, 0.3) is 0 Å². The third-order valence-corrected chi connectivity index (χ3v) is 2.19. The fraction of sp³-hybridized carbons (Fsp3) is 0.889. The van der Waals surface area contributed by atoms with Gasteiger partial charge in [-0.25, -0.2) is 0 Å². The molecule has 66 valence electrons. The molecule has 0 aromatic rings. The maximum atomic E-state index is 5.23. The molecule has 11 heavy (non-hydrogen) atoms. The van der Waals surface area contributed by atoms with E-state index in [1.54, 1.807) is 0 Å². The first-order chi connectivity index (χ1) is 5.26. The number of thiocarbonyl (C=S) groups is 1. The van der Waals surface area contributed by atoms with Crippen molar-refractivity contribution in [2.45, 2.75) is 40.0 Å². The van der Waals surface area contributed by atoms with Gasteiger partial charge in [-0.3, -0.25) is 0 Å². The standard InChI is InChI=1S/C9H19NS/c1-4-7-10(8-5-2)9(11)6-3/h4-8H2,1-3H3. The monoisotopic (exact) mass is 173 g/mol. The zero-order chi connectivity index (χ0) is 8.69. The van der Waals surface area contributed by atoms with Crippen molar-refractivity contribution < 1.29 is 0 Å². The molecule has 0 radical (unpaired) electrons. The Morgan fingerprint density at radius 2 is 1.55 bits per heavy atom. The minimum Gasteiger partial charge on any atom is -0.366 e. The van der Waals surface area contributed by atoms with Gasteiger partial charge in [0.05, 0.1) is 4.99 Å². The highest BCUT2D eigenvalue weighted by Gasteiger charge is 2.03. The van der Waals surface area contributed by atoms with Gasteiger partial charge in [-0.1, -0.05) is 33.0 Å². The molecule has 0 unspecified atom stereocenters. The van der Waals surface area contributed by atoms with Crippen molar-refractivity contribution in [3.63, 3.8) is 0 Å². The second-order valence-corrected chi connectivity index (χ2v) is 3.21. The Morgan fingerprint density at radius 3 is 1.82 bits per heavy atom. The van der Waals surface area contributed by atoms with Gasteiger partial charge in [-0.15, -0.1) is 0 Å². The van der Waals surface area contributed by atoms with Gasteiger partial charge in [0, 0.05) is 13.1 Å². The van der Waals surface area contributed by atoms with Crippen molar-refractivity contribution in [2.24, 2.45) is 0 Å². The van der Waals surface area contributed by atoms with Crippen LogP contribution in [0, 0.1) is 0 Å². The molecular formula is C9H19NS. The lowest BCUT2D eigenvalue weighted by Gasteiger charge is -2.23. The van der Waals surface area contributed by atoms with Crippen molar-refractivity contribution in [1.82, 2.24) is 4.90 Å². The molecule has 0 saturated carbocycles. The molecule has 0 aliphatic carbocycles. The maximum absolute atomic E-state index is 5.23. The highest BCUT2D eigenvalue weighted by atomic mass is 32.1. The quantitative estimate of drug-likeness (QED) is 0.588. The molecule has 1 nitrogen and oxygen atoms in total. The zero-order valence-corrected chi connectivity index (χ0v) is 8.71. The summed E-state index contributed by atoms with van der Waals surface area (Å²) in [6, 6.07) is 0.